The smallest absolute Gasteiger partial charge is 0.129 e. The monoisotopic (exact) mass is 243 g/mol. The maximum Gasteiger partial charge on any atom is 0.129 e. The Morgan fingerprint density at radius 3 is 2.81 bits per heavy atom. The summed E-state index contributed by atoms with van der Waals surface area (Å²) in [6.45, 7) is 5.35. The van der Waals surface area contributed by atoms with Gasteiger partial charge in [-0.25, -0.2) is 9.97 Å². The molecule has 0 aromatic carbocycles. The van der Waals surface area contributed by atoms with Crippen LogP contribution in [0.2, 0.25) is 0 Å². The van der Waals surface area contributed by atoms with Crippen molar-refractivity contribution < 1.29 is 4.74 Å². The molecular weight excluding hydrogens is 226 g/mol. The standard InChI is InChI=1S/C11H18ClN3O/c1-8(2)10-4-11(15-7-14-10)13-5-9(12)6-16-3/h4,7-9H,5-6H2,1-3H3,(H,13,14,15). The predicted octanol–water partition coefficient (Wildman–Crippen LogP) is 2.27. The van der Waals surface area contributed by atoms with E-state index in [4.69, 9.17) is 16.3 Å². The van der Waals surface area contributed by atoms with E-state index in [1.54, 1.807) is 13.4 Å². The Balaban J connectivity index is 2.50. The minimum Gasteiger partial charge on any atom is -0.383 e. The molecule has 4 nitrogen and oxygen atoms in total. The summed E-state index contributed by atoms with van der Waals surface area (Å²) in [4.78, 5) is 8.33. The van der Waals surface area contributed by atoms with Crippen molar-refractivity contribution in [1.82, 2.24) is 9.97 Å². The van der Waals surface area contributed by atoms with Crippen LogP contribution in [-0.2, 0) is 4.74 Å². The van der Waals surface area contributed by atoms with Gasteiger partial charge in [-0.15, -0.1) is 11.6 Å². The van der Waals surface area contributed by atoms with Gasteiger partial charge in [-0.3, -0.25) is 0 Å². The molecule has 1 rings (SSSR count). The predicted molar refractivity (Wildman–Crippen MR) is 66.1 cm³/mol. The van der Waals surface area contributed by atoms with Gasteiger partial charge in [-0.1, -0.05) is 13.8 Å². The molecule has 1 N–H and O–H groups in total. The van der Waals surface area contributed by atoms with Gasteiger partial charge in [0.15, 0.2) is 0 Å². The van der Waals surface area contributed by atoms with Gasteiger partial charge in [0.1, 0.15) is 12.1 Å². The Bertz CT molecular complexity index is 320. The van der Waals surface area contributed by atoms with Crippen LogP contribution in [0.1, 0.15) is 25.5 Å². The minimum atomic E-state index is -0.0533. The molecule has 0 saturated carbocycles. The largest absolute Gasteiger partial charge is 0.383 e. The zero-order valence-electron chi connectivity index (χ0n) is 9.90. The molecule has 0 bridgehead atoms. The highest BCUT2D eigenvalue weighted by Crippen LogP contribution is 2.13. The Hall–Kier alpha value is -0.870. The Labute approximate surface area is 101 Å². The molecule has 0 aliphatic carbocycles. The van der Waals surface area contributed by atoms with Crippen LogP contribution in [0.25, 0.3) is 0 Å². The molecule has 5 heteroatoms. The van der Waals surface area contributed by atoms with Gasteiger partial charge in [0.2, 0.25) is 0 Å². The molecule has 0 aliphatic rings. The number of alkyl halides is 1. The lowest BCUT2D eigenvalue weighted by atomic mass is 10.1. The van der Waals surface area contributed by atoms with Crippen molar-refractivity contribution in [2.45, 2.75) is 25.1 Å². The molecule has 0 spiro atoms. The number of ether oxygens (including phenoxy) is 1. The van der Waals surface area contributed by atoms with E-state index in [1.807, 2.05) is 6.07 Å². The van der Waals surface area contributed by atoms with Crippen molar-refractivity contribution in [3.8, 4) is 0 Å². The number of aromatic nitrogens is 2. The van der Waals surface area contributed by atoms with Gasteiger partial charge in [0, 0.05) is 25.4 Å². The highest BCUT2D eigenvalue weighted by molar-refractivity contribution is 6.21. The number of methoxy groups -OCH3 is 1. The highest BCUT2D eigenvalue weighted by Gasteiger charge is 2.06. The number of rotatable bonds is 6. The van der Waals surface area contributed by atoms with Gasteiger partial charge < -0.3 is 10.1 Å². The van der Waals surface area contributed by atoms with Crippen LogP contribution < -0.4 is 5.32 Å². The summed E-state index contributed by atoms with van der Waals surface area (Å²) in [5, 5.41) is 3.11. The van der Waals surface area contributed by atoms with Crippen LogP contribution in [0.5, 0.6) is 0 Å². The zero-order valence-corrected chi connectivity index (χ0v) is 10.7. The molecule has 0 radical (unpaired) electrons. The van der Waals surface area contributed by atoms with E-state index in [9.17, 15) is 0 Å². The molecular formula is C11H18ClN3O. The first kappa shape index (κ1) is 13.2. The van der Waals surface area contributed by atoms with E-state index in [2.05, 4.69) is 29.1 Å². The summed E-state index contributed by atoms with van der Waals surface area (Å²) in [6.07, 6.45) is 1.57. The lowest BCUT2D eigenvalue weighted by Gasteiger charge is -2.11. The van der Waals surface area contributed by atoms with E-state index in [-0.39, 0.29) is 5.38 Å². The topological polar surface area (TPSA) is 47.0 Å². The summed E-state index contributed by atoms with van der Waals surface area (Å²) in [6, 6.07) is 1.95. The van der Waals surface area contributed by atoms with Gasteiger partial charge in [0.25, 0.3) is 0 Å². The fourth-order valence-electron chi connectivity index (χ4n) is 1.24. The van der Waals surface area contributed by atoms with Crippen molar-refractivity contribution in [1.29, 1.82) is 0 Å². The third-order valence-corrected chi connectivity index (χ3v) is 2.41. The van der Waals surface area contributed by atoms with E-state index >= 15 is 0 Å². The third kappa shape index (κ3) is 4.33. The van der Waals surface area contributed by atoms with Crippen molar-refractivity contribution in [3.05, 3.63) is 18.1 Å². The molecule has 90 valence electrons. The first-order valence-electron chi connectivity index (χ1n) is 5.32. The molecule has 1 atom stereocenters. The quantitative estimate of drug-likeness (QED) is 0.779. The first-order valence-corrected chi connectivity index (χ1v) is 5.76. The Morgan fingerprint density at radius 2 is 2.19 bits per heavy atom. The van der Waals surface area contributed by atoms with E-state index in [0.717, 1.165) is 11.5 Å². The lowest BCUT2D eigenvalue weighted by Crippen LogP contribution is -2.19. The van der Waals surface area contributed by atoms with Crippen LogP contribution >= 0.6 is 11.6 Å². The summed E-state index contributed by atoms with van der Waals surface area (Å²) < 4.78 is 4.95. The van der Waals surface area contributed by atoms with Gasteiger partial charge in [-0.2, -0.15) is 0 Å². The third-order valence-electron chi connectivity index (χ3n) is 2.13. The van der Waals surface area contributed by atoms with Crippen LogP contribution in [0, 0.1) is 0 Å². The van der Waals surface area contributed by atoms with Crippen molar-refractivity contribution >= 4 is 17.4 Å². The van der Waals surface area contributed by atoms with Gasteiger partial charge in [-0.05, 0) is 5.92 Å². The number of anilines is 1. The highest BCUT2D eigenvalue weighted by atomic mass is 35.5. The van der Waals surface area contributed by atoms with E-state index in [0.29, 0.717) is 19.1 Å². The molecule has 0 amide bonds. The maximum atomic E-state index is 6.00. The van der Waals surface area contributed by atoms with E-state index < -0.39 is 0 Å². The van der Waals surface area contributed by atoms with Crippen LogP contribution in [0.4, 0.5) is 5.82 Å². The molecule has 0 saturated heterocycles. The average molecular weight is 244 g/mol. The number of hydrogen-bond acceptors (Lipinski definition) is 4. The van der Waals surface area contributed by atoms with Crippen molar-refractivity contribution in [3.63, 3.8) is 0 Å². The summed E-state index contributed by atoms with van der Waals surface area (Å²) >= 11 is 6.00. The van der Waals surface area contributed by atoms with Gasteiger partial charge in [0.05, 0.1) is 12.0 Å². The normalized spacial score (nSPS) is 12.8. The number of nitrogens with one attached hydrogen (secondary N) is 1. The SMILES string of the molecule is COCC(Cl)CNc1cc(C(C)C)ncn1. The lowest BCUT2D eigenvalue weighted by molar-refractivity contribution is 0.200. The Kier molecular flexibility index (Phi) is 5.49. The van der Waals surface area contributed by atoms with Crippen LogP contribution in [0.15, 0.2) is 12.4 Å². The fourth-order valence-corrected chi connectivity index (χ4v) is 1.44. The number of nitrogens with zero attached hydrogens (tertiary/aromatic N) is 2. The second-order valence-corrected chi connectivity index (χ2v) is 4.53. The molecule has 1 aromatic heterocycles. The summed E-state index contributed by atoms with van der Waals surface area (Å²) in [5.41, 5.74) is 1.02. The number of hydrogen-bond donors (Lipinski definition) is 1. The molecule has 0 fully saturated rings. The fraction of sp³-hybridized carbons (Fsp3) is 0.636. The van der Waals surface area contributed by atoms with Crippen molar-refractivity contribution in [2.24, 2.45) is 0 Å². The van der Waals surface area contributed by atoms with Gasteiger partial charge >= 0.3 is 0 Å². The van der Waals surface area contributed by atoms with Crippen LogP contribution in [0.3, 0.4) is 0 Å². The first-order chi connectivity index (χ1) is 7.63. The molecule has 1 unspecified atom stereocenters. The Morgan fingerprint density at radius 1 is 1.44 bits per heavy atom. The zero-order chi connectivity index (χ0) is 12.0. The minimum absolute atomic E-state index is 0.0533. The summed E-state index contributed by atoms with van der Waals surface area (Å²) in [7, 11) is 1.64. The second kappa shape index (κ2) is 6.66. The van der Waals surface area contributed by atoms with E-state index in [1.165, 1.54) is 0 Å². The van der Waals surface area contributed by atoms with Crippen LogP contribution in [-0.4, -0.2) is 35.6 Å². The number of halogens is 1. The molecule has 1 heterocycles. The molecule has 0 aliphatic heterocycles. The molecule has 1 aromatic rings. The average Bonchev–Trinajstić information content (AvgIpc) is 2.27. The maximum absolute atomic E-state index is 6.00. The summed E-state index contributed by atoms with van der Waals surface area (Å²) in [5.74, 6) is 1.20. The second-order valence-electron chi connectivity index (χ2n) is 3.92. The molecule has 16 heavy (non-hydrogen) atoms. The van der Waals surface area contributed by atoms with Crippen molar-refractivity contribution in [2.75, 3.05) is 25.6 Å².